The molecule has 1 saturated heterocycles. The molecule has 7 aliphatic carbocycles. The number of rotatable bonds is 34. The molecular weight excluding hydrogens is 1880 g/mol. The lowest BCUT2D eigenvalue weighted by molar-refractivity contribution is -0.172. The molecular formula is C103H169NO39. The van der Waals surface area contributed by atoms with Crippen molar-refractivity contribution in [2.45, 2.75) is 339 Å². The Hall–Kier alpha value is -10.6. The molecule has 0 spiro atoms. The quantitative estimate of drug-likeness (QED) is 0.0168. The molecule has 0 aromatic heterocycles. The van der Waals surface area contributed by atoms with Crippen molar-refractivity contribution in [3.05, 3.63) is 0 Å². The molecule has 0 amide bonds. The van der Waals surface area contributed by atoms with Crippen LogP contribution >= 0.6 is 0 Å². The number of ether oxygens (including phenoxy) is 12. The number of carboxylic acids is 7. The standard InChI is InChI=1S/C20H34O4.C17H28O4.C11H20O4.C10H14O6.C10H16.C9H13NO4.C9H14O6.C8H14O5.C7H12O4.C2H4O2/c1-12(13(2)17(22)24-18(3,4)5)16(21)23-15-11-14-9-10-20(15,8)19(14,6)7;1-10(11(2)16(19)21-17(3,4)5)15(18)20-14-9-12-6-7-13(14)8-12;1-7(9(12)14-6)8(2)10(13)15-11(3,4)5;1-5(8(11)12)6(2)9(13)16-7-3-4-15-10(7)14;1-2-9-7-4-5-8(6-7)10(9)3-1;1-6(8(11)12)7(2)9(13)14-5-3-4-10;1-5(8(12)13)6(2)9(14)15-4-3-7(10)11;1-5(7(10)11)6(2)8(12)13-4-3-9;1-4(6(8)9)5(2)7(10)11-3;1-2(3)4/h12-15H,9-11H2,1-8H3;10-14H,6-9H2,1-5H3;7-8H,1-6H3;5-7H,3-4H2,1-2H3,(H,11,12);7-10H,1-6H2;6-7H,3,5H2,1-2H3,(H,11,12);5-6H,3-4H2,1-2H3,(H,10,11)(H,12,13);5-6,9H,3-4H2,1-2H3,(H,10,11);4-5H,1-3H3,(H,8,9);1H3,(H,3,4). The fraction of sp³-hybridized carbons (Fsp3) is 0.806. The van der Waals surface area contributed by atoms with Gasteiger partial charge in [-0.1, -0.05) is 138 Å². The number of aliphatic carboxylic acids is 7. The van der Waals surface area contributed by atoms with Crippen LogP contribution in [0.1, 0.15) is 304 Å². The molecule has 27 unspecified atom stereocenters. The lowest BCUT2D eigenvalue weighted by Gasteiger charge is -2.39. The van der Waals surface area contributed by atoms with Crippen molar-refractivity contribution in [2.24, 2.45) is 147 Å². The molecule has 1 aliphatic heterocycles. The Balaban J connectivity index is 0. The molecule has 0 aromatic carbocycles. The number of fused-ring (bicyclic) bond motifs is 9. The van der Waals surface area contributed by atoms with Crippen molar-refractivity contribution >= 4 is 113 Å². The number of hydrogen-bond acceptors (Lipinski definition) is 33. The highest BCUT2D eigenvalue weighted by atomic mass is 16.6. The van der Waals surface area contributed by atoms with Gasteiger partial charge < -0.3 is 97.7 Å². The number of carbonyl (C=O) groups excluding carboxylic acids is 12. The Morgan fingerprint density at radius 1 is 0.392 bits per heavy atom. The first-order valence-electron chi connectivity index (χ1n) is 49.3. The molecule has 1 heterocycles. The Morgan fingerprint density at radius 2 is 0.713 bits per heavy atom. The third kappa shape index (κ3) is 47.0. The van der Waals surface area contributed by atoms with Crippen LogP contribution in [0.2, 0.25) is 0 Å². The molecule has 8 rings (SSSR count). The van der Waals surface area contributed by atoms with Crippen LogP contribution in [-0.2, 0) is 148 Å². The minimum absolute atomic E-state index is 0.0199. The van der Waals surface area contributed by atoms with Crippen molar-refractivity contribution in [3.63, 3.8) is 0 Å². The van der Waals surface area contributed by atoms with Gasteiger partial charge in [0.1, 0.15) is 48.8 Å². The molecule has 40 nitrogen and oxygen atoms in total. The lowest BCUT2D eigenvalue weighted by atomic mass is 9.70. The second kappa shape index (κ2) is 62.9. The molecule has 8 aliphatic rings. The van der Waals surface area contributed by atoms with E-state index in [4.69, 9.17) is 84.1 Å². The van der Waals surface area contributed by atoms with Gasteiger partial charge in [0, 0.05) is 18.8 Å². The number of aliphatic hydroxyl groups excluding tert-OH is 1. The summed E-state index contributed by atoms with van der Waals surface area (Å²) >= 11 is 0. The van der Waals surface area contributed by atoms with E-state index in [0.717, 1.165) is 32.1 Å². The zero-order valence-corrected chi connectivity index (χ0v) is 90.0. The van der Waals surface area contributed by atoms with Crippen LogP contribution in [0.3, 0.4) is 0 Å². The van der Waals surface area contributed by atoms with Crippen LogP contribution in [0.5, 0.6) is 0 Å². The molecule has 820 valence electrons. The van der Waals surface area contributed by atoms with E-state index in [1.165, 1.54) is 133 Å². The predicted octanol–water partition coefficient (Wildman–Crippen LogP) is 14.1. The number of methoxy groups -OCH3 is 2. The molecule has 143 heavy (non-hydrogen) atoms. The number of hydrogen-bond donors (Lipinski definition) is 8. The maximum Gasteiger partial charge on any atom is 0.347 e. The third-order valence-corrected chi connectivity index (χ3v) is 28.4. The van der Waals surface area contributed by atoms with Crippen LogP contribution < -0.4 is 0 Å². The fourth-order valence-corrected chi connectivity index (χ4v) is 16.8. The normalized spacial score (nSPS) is 24.0. The monoisotopic (exact) mass is 2040 g/mol. The SMILES string of the molecule is C1CC2C3CCC(C3)C2C1.CC(=O)O.CC(C(=O)O)C(C)C(=O)OC1CCOC1=O.CC(C(=O)O)C(C)C(=O)OCCC#N.CC(C(=O)O)C(C)C(=O)OCCC(=O)O.CC(C(=O)O)C(C)C(=O)OCCO.CC(C(=O)OC1CC2CCC1(C)C2(C)C)C(C)C(=O)OC(C)(C)C.CC(C(=O)OC1CC2CCC1C2)C(C)C(=O)OC(C)(C)C.COC(=O)C(C)C(C)C(=O)O.COC(=O)C(C)C(C)C(=O)OC(C)(C)C. The summed E-state index contributed by atoms with van der Waals surface area (Å²) in [6, 6.07) is 1.82. The molecule has 6 bridgehead atoms. The second-order valence-corrected chi connectivity index (χ2v) is 42.4. The Kier molecular flexibility index (Phi) is 59.2. The van der Waals surface area contributed by atoms with Crippen molar-refractivity contribution in [2.75, 3.05) is 47.3 Å². The van der Waals surface area contributed by atoms with Crippen molar-refractivity contribution < 1.29 is 189 Å². The second-order valence-electron chi connectivity index (χ2n) is 42.4. The number of esters is 12. The zero-order valence-electron chi connectivity index (χ0n) is 90.0. The van der Waals surface area contributed by atoms with Gasteiger partial charge in [0.2, 0.25) is 6.10 Å². The van der Waals surface area contributed by atoms with Crippen molar-refractivity contribution in [1.29, 1.82) is 5.26 Å². The van der Waals surface area contributed by atoms with E-state index < -0.39 is 201 Å². The largest absolute Gasteiger partial charge is 0.481 e. The highest BCUT2D eigenvalue weighted by Crippen LogP contribution is 2.66. The summed E-state index contributed by atoms with van der Waals surface area (Å²) in [5.41, 5.74) is -1.35. The van der Waals surface area contributed by atoms with Gasteiger partial charge in [-0.3, -0.25) is 86.3 Å². The van der Waals surface area contributed by atoms with Crippen LogP contribution in [0.4, 0.5) is 0 Å². The maximum absolute atomic E-state index is 12.6. The van der Waals surface area contributed by atoms with Crippen LogP contribution in [0.15, 0.2) is 0 Å². The van der Waals surface area contributed by atoms with Gasteiger partial charge in [-0.25, -0.2) is 4.79 Å². The first-order chi connectivity index (χ1) is 65.6. The summed E-state index contributed by atoms with van der Waals surface area (Å²) in [4.78, 5) is 210. The number of carboxylic acid groups (broad SMARTS) is 7. The van der Waals surface area contributed by atoms with Crippen molar-refractivity contribution in [1.82, 2.24) is 0 Å². The van der Waals surface area contributed by atoms with Crippen LogP contribution in [0.25, 0.3) is 0 Å². The fourth-order valence-electron chi connectivity index (χ4n) is 16.8. The minimum Gasteiger partial charge on any atom is -0.481 e. The lowest BCUT2D eigenvalue weighted by Crippen LogP contribution is -2.40. The number of nitriles is 1. The Labute approximate surface area is 842 Å². The van der Waals surface area contributed by atoms with E-state index >= 15 is 0 Å². The van der Waals surface area contributed by atoms with E-state index in [-0.39, 0.29) is 98.8 Å². The highest BCUT2D eigenvalue weighted by molar-refractivity contribution is 5.87. The summed E-state index contributed by atoms with van der Waals surface area (Å²) in [7, 11) is 2.55. The minimum atomic E-state index is -1.09. The average Bonchev–Trinajstić information content (AvgIpc) is 1.56. The van der Waals surface area contributed by atoms with Gasteiger partial charge in [0.15, 0.2) is 0 Å². The van der Waals surface area contributed by atoms with Gasteiger partial charge in [-0.15, -0.1) is 0 Å². The van der Waals surface area contributed by atoms with Gasteiger partial charge in [0.05, 0.1) is 141 Å². The first-order valence-corrected chi connectivity index (χ1v) is 49.3. The number of aliphatic hydroxyl groups is 1. The van der Waals surface area contributed by atoms with E-state index in [1.54, 1.807) is 101 Å². The molecule has 8 N–H and O–H groups in total. The third-order valence-electron chi connectivity index (χ3n) is 28.4. The first kappa shape index (κ1) is 134. The smallest absolute Gasteiger partial charge is 0.347 e. The van der Waals surface area contributed by atoms with Gasteiger partial charge in [-0.2, -0.15) is 5.26 Å². The molecule has 40 heteroatoms. The van der Waals surface area contributed by atoms with E-state index in [1.807, 2.05) is 47.6 Å². The van der Waals surface area contributed by atoms with E-state index in [2.05, 4.69) is 44.5 Å². The highest BCUT2D eigenvalue weighted by Gasteiger charge is 2.63. The summed E-state index contributed by atoms with van der Waals surface area (Å²) in [5.74, 6) is -16.3. The topological polar surface area (TPSA) is 621 Å². The average molecular weight is 2050 g/mol. The molecule has 8 fully saturated rings. The van der Waals surface area contributed by atoms with Crippen LogP contribution in [-0.4, -0.2) is 237 Å². The summed E-state index contributed by atoms with van der Waals surface area (Å²) in [6.07, 6.45) is 16.8. The number of cyclic esters (lactones) is 1. The maximum atomic E-state index is 12.6. The van der Waals surface area contributed by atoms with Crippen molar-refractivity contribution in [3.8, 4) is 6.07 Å². The predicted molar refractivity (Wildman–Crippen MR) is 514 cm³/mol. The number of carbonyl (C=O) groups is 19. The van der Waals surface area contributed by atoms with E-state index in [9.17, 15) is 86.3 Å². The summed E-state index contributed by atoms with van der Waals surface area (Å²) < 4.78 is 59.8. The molecule has 27 atom stereocenters. The molecule has 0 radical (unpaired) electrons. The van der Waals surface area contributed by atoms with Gasteiger partial charge in [0.25, 0.3) is 5.97 Å². The Morgan fingerprint density at radius 3 is 1.01 bits per heavy atom. The van der Waals surface area contributed by atoms with E-state index in [0.29, 0.717) is 18.3 Å². The molecule has 7 saturated carbocycles. The summed E-state index contributed by atoms with van der Waals surface area (Å²) in [5, 5.41) is 75.2. The van der Waals surface area contributed by atoms with Gasteiger partial charge >= 0.3 is 107 Å². The summed E-state index contributed by atoms with van der Waals surface area (Å²) in [6.45, 7) is 48.9. The Bertz CT molecular complexity index is 4180. The number of nitrogens with zero attached hydrogens (tertiary/aromatic N) is 1. The van der Waals surface area contributed by atoms with Gasteiger partial charge in [-0.05, 0) is 186 Å². The van der Waals surface area contributed by atoms with Crippen LogP contribution in [0, 0.1) is 158 Å². The molecule has 0 aromatic rings. The zero-order chi connectivity index (χ0) is 112.